The van der Waals surface area contributed by atoms with Crippen LogP contribution in [0, 0.1) is 6.92 Å². The van der Waals surface area contributed by atoms with Gasteiger partial charge in [-0.2, -0.15) is 0 Å². The van der Waals surface area contributed by atoms with Crippen molar-refractivity contribution in [3.05, 3.63) is 53.6 Å². The van der Waals surface area contributed by atoms with E-state index < -0.39 is 6.16 Å². The van der Waals surface area contributed by atoms with Gasteiger partial charge in [0.2, 0.25) is 5.95 Å². The predicted molar refractivity (Wildman–Crippen MR) is 123 cm³/mol. The van der Waals surface area contributed by atoms with Crippen molar-refractivity contribution in [3.8, 4) is 5.75 Å². The summed E-state index contributed by atoms with van der Waals surface area (Å²) in [5.41, 5.74) is 4.33. The first-order valence-corrected chi connectivity index (χ1v) is 11.3. The number of imidazole rings is 1. The van der Waals surface area contributed by atoms with Crippen molar-refractivity contribution in [2.24, 2.45) is 0 Å². The van der Waals surface area contributed by atoms with E-state index in [4.69, 9.17) is 14.8 Å². The normalized spacial score (nSPS) is 15.0. The van der Waals surface area contributed by atoms with Crippen LogP contribution in [0.1, 0.15) is 62.6 Å². The van der Waals surface area contributed by atoms with Gasteiger partial charge in [0.15, 0.2) is 0 Å². The van der Waals surface area contributed by atoms with E-state index in [0.29, 0.717) is 11.8 Å². The molecule has 6 nitrogen and oxygen atoms in total. The molecular formula is C25H31N3O3. The monoisotopic (exact) mass is 421 g/mol. The third-order valence-electron chi connectivity index (χ3n) is 6.16. The number of aryl methyl sites for hydroxylation is 1. The molecule has 0 aliphatic heterocycles. The number of carbonyl (C=O) groups is 1. The molecule has 1 heterocycles. The van der Waals surface area contributed by atoms with Gasteiger partial charge in [-0.05, 0) is 44.4 Å². The van der Waals surface area contributed by atoms with Crippen LogP contribution in [0.3, 0.4) is 0 Å². The molecule has 3 aromatic rings. The van der Waals surface area contributed by atoms with Crippen LogP contribution in [-0.2, 0) is 6.54 Å². The van der Waals surface area contributed by atoms with Gasteiger partial charge in [-0.3, -0.25) is 0 Å². The van der Waals surface area contributed by atoms with Gasteiger partial charge in [-0.1, -0.05) is 55.5 Å². The van der Waals surface area contributed by atoms with Crippen molar-refractivity contribution in [1.29, 1.82) is 0 Å². The summed E-state index contributed by atoms with van der Waals surface area (Å²) in [6.07, 6.45) is 6.02. The minimum Gasteiger partial charge on any atom is -0.449 e. The zero-order chi connectivity index (χ0) is 21.8. The summed E-state index contributed by atoms with van der Waals surface area (Å²) in [7, 11) is 0. The highest BCUT2D eigenvalue weighted by molar-refractivity contribution is 5.81. The van der Waals surface area contributed by atoms with Gasteiger partial charge in [0.05, 0.1) is 11.0 Å². The molecule has 1 aromatic heterocycles. The van der Waals surface area contributed by atoms with E-state index in [9.17, 15) is 4.79 Å². The molecule has 1 saturated carbocycles. The van der Waals surface area contributed by atoms with Crippen LogP contribution in [-0.4, -0.2) is 27.4 Å². The zero-order valence-electron chi connectivity index (χ0n) is 18.4. The molecule has 0 bridgehead atoms. The van der Waals surface area contributed by atoms with E-state index in [1.165, 1.54) is 36.8 Å². The first-order valence-electron chi connectivity index (χ1n) is 11.3. The minimum atomic E-state index is -1.31. The van der Waals surface area contributed by atoms with E-state index in [1.807, 2.05) is 6.07 Å². The third-order valence-corrected chi connectivity index (χ3v) is 6.16. The number of nitrogens with zero attached hydrogens (tertiary/aromatic N) is 3. The lowest BCUT2D eigenvalue weighted by Gasteiger charge is -2.27. The SMILES string of the molecule is CCN(Cc1cccc(C)c1)c1nc2cc(OC(=O)O)ccc2n1C1CCCCCC1. The van der Waals surface area contributed by atoms with Gasteiger partial charge < -0.3 is 19.3 Å². The van der Waals surface area contributed by atoms with Crippen LogP contribution in [0.15, 0.2) is 42.5 Å². The van der Waals surface area contributed by atoms with Gasteiger partial charge in [0, 0.05) is 25.2 Å². The molecule has 1 aliphatic carbocycles. The number of rotatable bonds is 6. The number of anilines is 1. The van der Waals surface area contributed by atoms with Crippen LogP contribution >= 0.6 is 0 Å². The van der Waals surface area contributed by atoms with Crippen molar-refractivity contribution in [3.63, 3.8) is 0 Å². The fourth-order valence-corrected chi connectivity index (χ4v) is 4.68. The molecule has 0 saturated heterocycles. The van der Waals surface area contributed by atoms with Gasteiger partial charge >= 0.3 is 6.16 Å². The Morgan fingerprint density at radius 3 is 2.61 bits per heavy atom. The Hall–Kier alpha value is -3.02. The molecule has 0 atom stereocenters. The summed E-state index contributed by atoms with van der Waals surface area (Å²) >= 11 is 0. The Bertz CT molecular complexity index is 1050. The van der Waals surface area contributed by atoms with E-state index in [0.717, 1.165) is 42.9 Å². The average Bonchev–Trinajstić information content (AvgIpc) is 2.91. The predicted octanol–water partition coefficient (Wildman–Crippen LogP) is 6.32. The van der Waals surface area contributed by atoms with Crippen molar-refractivity contribution in [2.75, 3.05) is 11.4 Å². The third kappa shape index (κ3) is 4.84. The summed E-state index contributed by atoms with van der Waals surface area (Å²) in [5.74, 6) is 1.26. The number of fused-ring (bicyclic) bond motifs is 1. The standard InChI is InChI=1S/C25H31N3O3/c1-3-27(17-19-10-8-9-18(2)15-19)24-26-22-16-21(31-25(29)30)13-14-23(22)28(24)20-11-6-4-5-7-12-20/h8-10,13-16,20H,3-7,11-12,17H2,1-2H3,(H,29,30). The van der Waals surface area contributed by atoms with Gasteiger partial charge in [0.1, 0.15) is 5.75 Å². The summed E-state index contributed by atoms with van der Waals surface area (Å²) in [4.78, 5) is 18.3. The molecule has 1 N–H and O–H groups in total. The van der Waals surface area contributed by atoms with Gasteiger partial charge in [-0.15, -0.1) is 0 Å². The zero-order valence-corrected chi connectivity index (χ0v) is 18.4. The first-order chi connectivity index (χ1) is 15.0. The highest BCUT2D eigenvalue weighted by atomic mass is 16.7. The topological polar surface area (TPSA) is 67.6 Å². The number of carboxylic acid groups (broad SMARTS) is 1. The highest BCUT2D eigenvalue weighted by Gasteiger charge is 2.24. The largest absolute Gasteiger partial charge is 0.511 e. The number of benzene rings is 2. The smallest absolute Gasteiger partial charge is 0.449 e. The second-order valence-electron chi connectivity index (χ2n) is 8.45. The Balaban J connectivity index is 1.78. The molecule has 4 rings (SSSR count). The molecule has 1 fully saturated rings. The second-order valence-corrected chi connectivity index (χ2v) is 8.45. The van der Waals surface area contributed by atoms with Crippen LogP contribution < -0.4 is 9.64 Å². The van der Waals surface area contributed by atoms with E-state index in [2.05, 4.69) is 47.6 Å². The van der Waals surface area contributed by atoms with Gasteiger partial charge in [-0.25, -0.2) is 9.78 Å². The van der Waals surface area contributed by atoms with Crippen molar-refractivity contribution >= 4 is 23.1 Å². The van der Waals surface area contributed by atoms with E-state index in [-0.39, 0.29) is 0 Å². The molecule has 0 spiro atoms. The minimum absolute atomic E-state index is 0.304. The van der Waals surface area contributed by atoms with E-state index >= 15 is 0 Å². The maximum Gasteiger partial charge on any atom is 0.511 e. The van der Waals surface area contributed by atoms with Crippen molar-refractivity contribution in [1.82, 2.24) is 9.55 Å². The Labute approximate surface area is 183 Å². The molecule has 0 amide bonds. The molecule has 0 radical (unpaired) electrons. The van der Waals surface area contributed by atoms with Crippen molar-refractivity contribution < 1.29 is 14.6 Å². The van der Waals surface area contributed by atoms with Gasteiger partial charge in [0.25, 0.3) is 0 Å². The molecular weight excluding hydrogens is 390 g/mol. The van der Waals surface area contributed by atoms with Crippen LogP contribution in [0.5, 0.6) is 5.75 Å². The molecule has 0 unspecified atom stereocenters. The Kier molecular flexibility index (Phi) is 6.44. The molecule has 31 heavy (non-hydrogen) atoms. The van der Waals surface area contributed by atoms with E-state index in [1.54, 1.807) is 12.1 Å². The first kappa shape index (κ1) is 21.2. The van der Waals surface area contributed by atoms with Crippen LogP contribution in [0.4, 0.5) is 10.7 Å². The van der Waals surface area contributed by atoms with Crippen molar-refractivity contribution in [2.45, 2.75) is 65.0 Å². The number of aromatic nitrogens is 2. The number of hydrogen-bond donors (Lipinski definition) is 1. The fraction of sp³-hybridized carbons (Fsp3) is 0.440. The second kappa shape index (κ2) is 9.41. The molecule has 164 valence electrons. The number of hydrogen-bond acceptors (Lipinski definition) is 4. The summed E-state index contributed by atoms with van der Waals surface area (Å²) < 4.78 is 7.28. The summed E-state index contributed by atoms with van der Waals surface area (Å²) in [6, 6.07) is 14.4. The maximum absolute atomic E-state index is 11.0. The lowest BCUT2D eigenvalue weighted by atomic mass is 10.1. The Morgan fingerprint density at radius 1 is 1.16 bits per heavy atom. The average molecular weight is 422 g/mol. The summed E-state index contributed by atoms with van der Waals surface area (Å²) in [6.45, 7) is 5.89. The molecule has 2 aromatic carbocycles. The molecule has 1 aliphatic rings. The quantitative estimate of drug-likeness (QED) is 0.286. The lowest BCUT2D eigenvalue weighted by Crippen LogP contribution is -2.27. The number of ether oxygens (including phenoxy) is 1. The highest BCUT2D eigenvalue weighted by Crippen LogP contribution is 2.36. The maximum atomic E-state index is 11.0. The van der Waals surface area contributed by atoms with Crippen LogP contribution in [0.2, 0.25) is 0 Å². The van der Waals surface area contributed by atoms with Crippen LogP contribution in [0.25, 0.3) is 11.0 Å². The molecule has 6 heteroatoms. The summed E-state index contributed by atoms with van der Waals surface area (Å²) in [5, 5.41) is 8.99. The fourth-order valence-electron chi connectivity index (χ4n) is 4.68. The lowest BCUT2D eigenvalue weighted by molar-refractivity contribution is 0.144. The Morgan fingerprint density at radius 2 is 1.94 bits per heavy atom.